The molecule has 92 valence electrons. The van der Waals surface area contributed by atoms with E-state index in [4.69, 9.17) is 5.11 Å². The number of carbonyl (C=O) groups excluding carboxylic acids is 1. The van der Waals surface area contributed by atoms with E-state index in [0.29, 0.717) is 5.69 Å². The number of benzene rings is 1. The van der Waals surface area contributed by atoms with Crippen LogP contribution in [0.15, 0.2) is 24.3 Å². The number of hydrogen-bond donors (Lipinski definition) is 3. The number of anilines is 1. The molecule has 3 N–H and O–H groups in total. The van der Waals surface area contributed by atoms with Crippen LogP contribution in [0, 0.1) is 10.1 Å². The maximum Gasteiger partial charge on any atom is 0.269 e. The van der Waals surface area contributed by atoms with E-state index >= 15 is 0 Å². The number of aliphatic hydroxyl groups excluding tert-OH is 1. The van der Waals surface area contributed by atoms with Gasteiger partial charge in [0, 0.05) is 24.4 Å². The Balaban J connectivity index is 2.42. The van der Waals surface area contributed by atoms with Gasteiger partial charge in [0.2, 0.25) is 5.91 Å². The summed E-state index contributed by atoms with van der Waals surface area (Å²) >= 11 is 0. The number of rotatable bonds is 6. The predicted molar refractivity (Wildman–Crippen MR) is 61.7 cm³/mol. The highest BCUT2D eigenvalue weighted by Crippen LogP contribution is 2.14. The predicted octanol–water partition coefficient (Wildman–Crippen LogP) is 0.115. The van der Waals surface area contributed by atoms with E-state index in [1.54, 1.807) is 0 Å². The van der Waals surface area contributed by atoms with Gasteiger partial charge in [-0.1, -0.05) is 0 Å². The van der Waals surface area contributed by atoms with Crippen LogP contribution in [0.4, 0.5) is 11.4 Å². The molecular formula is C10H13N3O4. The van der Waals surface area contributed by atoms with Gasteiger partial charge in [0.15, 0.2) is 0 Å². The number of hydrogen-bond acceptors (Lipinski definition) is 5. The molecule has 1 aromatic carbocycles. The van der Waals surface area contributed by atoms with Crippen molar-refractivity contribution in [3.05, 3.63) is 34.4 Å². The van der Waals surface area contributed by atoms with E-state index < -0.39 is 4.92 Å². The van der Waals surface area contributed by atoms with Crippen molar-refractivity contribution >= 4 is 17.3 Å². The van der Waals surface area contributed by atoms with Crippen LogP contribution in [0.25, 0.3) is 0 Å². The van der Waals surface area contributed by atoms with Gasteiger partial charge in [-0.25, -0.2) is 0 Å². The lowest BCUT2D eigenvalue weighted by molar-refractivity contribution is -0.384. The smallest absolute Gasteiger partial charge is 0.269 e. The number of nitrogens with zero attached hydrogens (tertiary/aromatic N) is 1. The molecule has 17 heavy (non-hydrogen) atoms. The van der Waals surface area contributed by atoms with Crippen molar-refractivity contribution < 1.29 is 14.8 Å². The lowest BCUT2D eigenvalue weighted by Crippen LogP contribution is -2.31. The summed E-state index contributed by atoms with van der Waals surface area (Å²) in [5, 5.41) is 24.2. The molecule has 0 bridgehead atoms. The molecule has 0 atom stereocenters. The lowest BCUT2D eigenvalue weighted by atomic mass is 10.3. The molecule has 0 fully saturated rings. The highest BCUT2D eigenvalue weighted by atomic mass is 16.6. The van der Waals surface area contributed by atoms with Gasteiger partial charge in [0.1, 0.15) is 0 Å². The molecule has 0 unspecified atom stereocenters. The van der Waals surface area contributed by atoms with Crippen molar-refractivity contribution in [1.29, 1.82) is 0 Å². The fourth-order valence-electron chi connectivity index (χ4n) is 1.14. The van der Waals surface area contributed by atoms with Crippen molar-refractivity contribution in [2.75, 3.05) is 25.0 Å². The lowest BCUT2D eigenvalue weighted by Gasteiger charge is -2.06. The van der Waals surface area contributed by atoms with Gasteiger partial charge < -0.3 is 15.7 Å². The van der Waals surface area contributed by atoms with Crippen molar-refractivity contribution in [3.63, 3.8) is 0 Å². The first-order chi connectivity index (χ1) is 8.13. The molecule has 0 spiro atoms. The number of nitro groups is 1. The van der Waals surface area contributed by atoms with Crippen LogP contribution in [0.1, 0.15) is 0 Å². The Bertz CT molecular complexity index is 391. The van der Waals surface area contributed by atoms with E-state index in [-0.39, 0.29) is 31.3 Å². The summed E-state index contributed by atoms with van der Waals surface area (Å²) in [4.78, 5) is 21.1. The second-order valence-corrected chi connectivity index (χ2v) is 3.23. The molecular weight excluding hydrogens is 226 g/mol. The Morgan fingerprint density at radius 1 is 1.35 bits per heavy atom. The third-order valence-electron chi connectivity index (χ3n) is 1.97. The topological polar surface area (TPSA) is 104 Å². The summed E-state index contributed by atoms with van der Waals surface area (Å²) in [6.07, 6.45) is 0. The van der Waals surface area contributed by atoms with Crippen molar-refractivity contribution in [1.82, 2.24) is 5.32 Å². The minimum absolute atomic E-state index is 0.000261. The Labute approximate surface area is 97.6 Å². The normalized spacial score (nSPS) is 9.71. The Hall–Kier alpha value is -2.15. The highest BCUT2D eigenvalue weighted by molar-refractivity contribution is 5.80. The first-order valence-corrected chi connectivity index (χ1v) is 4.99. The molecule has 7 nitrogen and oxygen atoms in total. The Kier molecular flexibility index (Phi) is 4.89. The molecule has 0 aliphatic rings. The molecule has 0 aliphatic heterocycles. The van der Waals surface area contributed by atoms with Gasteiger partial charge in [-0.05, 0) is 12.1 Å². The first kappa shape index (κ1) is 12.9. The van der Waals surface area contributed by atoms with Gasteiger partial charge in [0.25, 0.3) is 5.69 Å². The zero-order chi connectivity index (χ0) is 12.7. The summed E-state index contributed by atoms with van der Waals surface area (Å²) < 4.78 is 0. The van der Waals surface area contributed by atoms with E-state index in [1.807, 2.05) is 0 Å². The number of nitro benzene ring substituents is 1. The van der Waals surface area contributed by atoms with Crippen molar-refractivity contribution in [2.24, 2.45) is 0 Å². The number of aliphatic hydroxyl groups is 1. The number of nitrogens with one attached hydrogen (secondary N) is 2. The molecule has 0 aliphatic carbocycles. The molecule has 1 rings (SSSR count). The van der Waals surface area contributed by atoms with E-state index in [2.05, 4.69) is 10.6 Å². The Morgan fingerprint density at radius 3 is 2.53 bits per heavy atom. The second kappa shape index (κ2) is 6.44. The zero-order valence-corrected chi connectivity index (χ0v) is 9.05. The second-order valence-electron chi connectivity index (χ2n) is 3.23. The third kappa shape index (κ3) is 4.47. The van der Waals surface area contributed by atoms with E-state index in [9.17, 15) is 14.9 Å². The van der Waals surface area contributed by atoms with Gasteiger partial charge in [0.05, 0.1) is 18.1 Å². The maximum atomic E-state index is 11.2. The molecule has 1 aromatic rings. The summed E-state index contributed by atoms with van der Waals surface area (Å²) in [5.74, 6) is -0.252. The molecule has 0 radical (unpaired) electrons. The monoisotopic (exact) mass is 239 g/mol. The van der Waals surface area contributed by atoms with Crippen molar-refractivity contribution in [2.45, 2.75) is 0 Å². The van der Waals surface area contributed by atoms with Crippen LogP contribution < -0.4 is 10.6 Å². The maximum absolute atomic E-state index is 11.2. The van der Waals surface area contributed by atoms with Crippen LogP contribution >= 0.6 is 0 Å². The van der Waals surface area contributed by atoms with Crippen LogP contribution in [0.5, 0.6) is 0 Å². The van der Waals surface area contributed by atoms with Gasteiger partial charge >= 0.3 is 0 Å². The summed E-state index contributed by atoms with van der Waals surface area (Å²) in [5.41, 5.74) is 0.620. The van der Waals surface area contributed by atoms with Gasteiger partial charge in [-0.2, -0.15) is 0 Å². The van der Waals surface area contributed by atoms with Crippen LogP contribution in [-0.2, 0) is 4.79 Å². The number of amides is 1. The minimum atomic E-state index is -0.488. The quantitative estimate of drug-likeness (QED) is 0.483. The molecule has 1 amide bonds. The molecule has 0 saturated carbocycles. The van der Waals surface area contributed by atoms with Crippen LogP contribution in [0.2, 0.25) is 0 Å². The summed E-state index contributed by atoms with van der Waals surface area (Å²) in [6.45, 7) is 0.155. The highest BCUT2D eigenvalue weighted by Gasteiger charge is 2.04. The standard InChI is InChI=1S/C10H13N3O4/c14-6-5-11-10(15)7-12-8-1-3-9(4-2-8)13(16)17/h1-4,12,14H,5-7H2,(H,11,15). The Morgan fingerprint density at radius 2 is 2.00 bits per heavy atom. The zero-order valence-electron chi connectivity index (χ0n) is 9.05. The fourth-order valence-corrected chi connectivity index (χ4v) is 1.14. The summed E-state index contributed by atoms with van der Waals surface area (Å²) in [7, 11) is 0. The largest absolute Gasteiger partial charge is 0.395 e. The molecule has 0 saturated heterocycles. The van der Waals surface area contributed by atoms with Crippen LogP contribution in [-0.4, -0.2) is 35.6 Å². The fraction of sp³-hybridized carbons (Fsp3) is 0.300. The molecule has 0 aromatic heterocycles. The summed E-state index contributed by atoms with van der Waals surface area (Å²) in [6, 6.07) is 5.76. The van der Waals surface area contributed by atoms with Gasteiger partial charge in [-0.3, -0.25) is 14.9 Å². The number of carbonyl (C=O) groups is 1. The van der Waals surface area contributed by atoms with E-state index in [0.717, 1.165) is 0 Å². The SMILES string of the molecule is O=C(CNc1ccc([N+](=O)[O-])cc1)NCCO. The first-order valence-electron chi connectivity index (χ1n) is 4.99. The number of non-ortho nitro benzene ring substituents is 1. The average Bonchev–Trinajstić information content (AvgIpc) is 2.34. The minimum Gasteiger partial charge on any atom is -0.395 e. The third-order valence-corrected chi connectivity index (χ3v) is 1.97. The molecule has 0 heterocycles. The average molecular weight is 239 g/mol. The van der Waals surface area contributed by atoms with Crippen molar-refractivity contribution in [3.8, 4) is 0 Å². The van der Waals surface area contributed by atoms with Gasteiger partial charge in [-0.15, -0.1) is 0 Å². The van der Waals surface area contributed by atoms with E-state index in [1.165, 1.54) is 24.3 Å². The van der Waals surface area contributed by atoms with Crippen LogP contribution in [0.3, 0.4) is 0 Å². The molecule has 7 heteroatoms.